The van der Waals surface area contributed by atoms with Crippen molar-refractivity contribution in [3.05, 3.63) is 35.9 Å². The lowest BCUT2D eigenvalue weighted by atomic mass is 10.0. The summed E-state index contributed by atoms with van der Waals surface area (Å²) in [6.45, 7) is 0. The minimum absolute atomic E-state index is 0.233. The van der Waals surface area contributed by atoms with Crippen molar-refractivity contribution in [1.29, 1.82) is 0 Å². The first kappa shape index (κ1) is 7.38. The van der Waals surface area contributed by atoms with Crippen LogP contribution in [0.1, 0.15) is 5.56 Å². The van der Waals surface area contributed by atoms with Gasteiger partial charge in [0.2, 0.25) is 0 Å². The van der Waals surface area contributed by atoms with Gasteiger partial charge in [-0.05, 0) is 17.5 Å². The summed E-state index contributed by atoms with van der Waals surface area (Å²) in [4.78, 5) is 5.11. The Labute approximate surface area is 80.2 Å². The van der Waals surface area contributed by atoms with E-state index in [1.165, 1.54) is 6.21 Å². The molecule has 3 heteroatoms. The first-order valence-electron chi connectivity index (χ1n) is 4.31. The minimum atomic E-state index is 0.233. The molecule has 2 aromatic carbocycles. The van der Waals surface area contributed by atoms with Gasteiger partial charge in [-0.15, -0.1) is 0 Å². The smallest absolute Gasteiger partial charge is 0.166 e. The molecule has 1 heterocycles. The maximum atomic E-state index is 9.62. The van der Waals surface area contributed by atoms with E-state index in [4.69, 9.17) is 4.84 Å². The van der Waals surface area contributed by atoms with E-state index in [2.05, 4.69) is 5.16 Å². The number of benzene rings is 2. The fourth-order valence-electron chi connectivity index (χ4n) is 1.70. The second kappa shape index (κ2) is 2.48. The zero-order valence-corrected chi connectivity index (χ0v) is 7.27. The third kappa shape index (κ3) is 0.836. The average Bonchev–Trinajstić information content (AvgIpc) is 2.24. The molecular weight excluding hydrogens is 178 g/mol. The fraction of sp³-hybridized carbons (Fsp3) is 0. The van der Waals surface area contributed by atoms with Crippen LogP contribution in [0.2, 0.25) is 0 Å². The molecule has 0 atom stereocenters. The van der Waals surface area contributed by atoms with Crippen molar-refractivity contribution in [3.8, 4) is 11.5 Å². The van der Waals surface area contributed by atoms with Crippen LogP contribution in [0.25, 0.3) is 10.8 Å². The second-order valence-electron chi connectivity index (χ2n) is 3.18. The summed E-state index contributed by atoms with van der Waals surface area (Å²) in [6, 6.07) is 9.24. The molecule has 3 rings (SSSR count). The summed E-state index contributed by atoms with van der Waals surface area (Å²) in [7, 11) is 0. The summed E-state index contributed by atoms with van der Waals surface area (Å²) in [5.74, 6) is 0.924. The highest BCUT2D eigenvalue weighted by Gasteiger charge is 2.13. The molecule has 1 aliphatic heterocycles. The predicted molar refractivity (Wildman–Crippen MR) is 53.8 cm³/mol. The van der Waals surface area contributed by atoms with E-state index in [9.17, 15) is 5.11 Å². The second-order valence-corrected chi connectivity index (χ2v) is 3.18. The number of aromatic hydroxyl groups is 1. The van der Waals surface area contributed by atoms with E-state index in [1.54, 1.807) is 6.07 Å². The van der Waals surface area contributed by atoms with Crippen molar-refractivity contribution in [2.24, 2.45) is 5.16 Å². The number of rotatable bonds is 0. The Bertz CT molecular complexity index is 546. The topological polar surface area (TPSA) is 41.8 Å². The predicted octanol–water partition coefficient (Wildman–Crippen LogP) is 2.27. The fourth-order valence-corrected chi connectivity index (χ4v) is 1.70. The Morgan fingerprint density at radius 1 is 1.14 bits per heavy atom. The molecule has 68 valence electrons. The van der Waals surface area contributed by atoms with Crippen molar-refractivity contribution in [1.82, 2.24) is 0 Å². The largest absolute Gasteiger partial charge is 0.507 e. The van der Waals surface area contributed by atoms with E-state index in [0.29, 0.717) is 5.75 Å². The van der Waals surface area contributed by atoms with Crippen molar-refractivity contribution in [3.63, 3.8) is 0 Å². The number of hydrogen-bond donors (Lipinski definition) is 1. The zero-order valence-electron chi connectivity index (χ0n) is 7.27. The monoisotopic (exact) mass is 185 g/mol. The third-order valence-corrected chi connectivity index (χ3v) is 2.36. The number of nitrogens with zero attached hydrogens (tertiary/aromatic N) is 1. The van der Waals surface area contributed by atoms with Crippen molar-refractivity contribution >= 4 is 17.0 Å². The van der Waals surface area contributed by atoms with Gasteiger partial charge in [0, 0.05) is 10.9 Å². The van der Waals surface area contributed by atoms with Crippen LogP contribution in [0.5, 0.6) is 11.5 Å². The Balaban J connectivity index is 2.56. The third-order valence-electron chi connectivity index (χ3n) is 2.36. The number of phenolic OH excluding ortho intramolecular Hbond substituents is 1. The Morgan fingerprint density at radius 2 is 2.07 bits per heavy atom. The molecule has 0 aromatic heterocycles. The van der Waals surface area contributed by atoms with Crippen LogP contribution in [0, 0.1) is 0 Å². The summed E-state index contributed by atoms with van der Waals surface area (Å²) in [5.41, 5.74) is 0.726. The first-order chi connectivity index (χ1) is 6.86. The molecular formula is C11H7NO2. The molecule has 0 radical (unpaired) electrons. The molecule has 0 spiro atoms. The first-order valence-corrected chi connectivity index (χ1v) is 4.31. The lowest BCUT2D eigenvalue weighted by Crippen LogP contribution is -1.97. The van der Waals surface area contributed by atoms with Gasteiger partial charge in [-0.25, -0.2) is 0 Å². The Morgan fingerprint density at radius 3 is 3.00 bits per heavy atom. The maximum absolute atomic E-state index is 9.62. The van der Waals surface area contributed by atoms with Gasteiger partial charge in [0.1, 0.15) is 5.75 Å². The zero-order chi connectivity index (χ0) is 9.54. The number of phenols is 1. The molecule has 0 amide bonds. The highest BCUT2D eigenvalue weighted by molar-refractivity contribution is 6.06. The standard InChI is InChI=1S/C11H7NO2/c13-9-5-4-7-2-1-3-10-11(7)8(9)6-12-14-10/h1-6,13H. The molecule has 2 aromatic rings. The van der Waals surface area contributed by atoms with Crippen LogP contribution in [0.15, 0.2) is 35.5 Å². The molecule has 1 N–H and O–H groups in total. The van der Waals surface area contributed by atoms with Gasteiger partial charge in [-0.2, -0.15) is 0 Å². The molecule has 0 bridgehead atoms. The highest BCUT2D eigenvalue weighted by Crippen LogP contribution is 2.34. The summed E-state index contributed by atoms with van der Waals surface area (Å²) >= 11 is 0. The molecule has 0 aliphatic carbocycles. The summed E-state index contributed by atoms with van der Waals surface area (Å²) in [5, 5.41) is 15.3. The Hall–Kier alpha value is -2.03. The van der Waals surface area contributed by atoms with E-state index in [1.807, 2.05) is 24.3 Å². The van der Waals surface area contributed by atoms with Crippen LogP contribution in [-0.4, -0.2) is 11.3 Å². The van der Waals surface area contributed by atoms with Gasteiger partial charge in [0.05, 0.1) is 6.21 Å². The van der Waals surface area contributed by atoms with E-state index in [-0.39, 0.29) is 5.75 Å². The molecule has 1 aliphatic rings. The molecule has 3 nitrogen and oxygen atoms in total. The van der Waals surface area contributed by atoms with Gasteiger partial charge in [0.25, 0.3) is 0 Å². The van der Waals surface area contributed by atoms with Gasteiger partial charge in [-0.3, -0.25) is 0 Å². The van der Waals surface area contributed by atoms with E-state index < -0.39 is 0 Å². The Kier molecular flexibility index (Phi) is 1.31. The SMILES string of the molecule is Oc1ccc2cccc3c2c1C=NO3. The average molecular weight is 185 g/mol. The van der Waals surface area contributed by atoms with E-state index in [0.717, 1.165) is 16.3 Å². The van der Waals surface area contributed by atoms with Crippen LogP contribution < -0.4 is 4.84 Å². The van der Waals surface area contributed by atoms with Crippen LogP contribution in [0.4, 0.5) is 0 Å². The normalized spacial score (nSPS) is 12.9. The van der Waals surface area contributed by atoms with Crippen LogP contribution in [0.3, 0.4) is 0 Å². The molecule has 14 heavy (non-hydrogen) atoms. The van der Waals surface area contributed by atoms with Crippen molar-refractivity contribution < 1.29 is 9.94 Å². The van der Waals surface area contributed by atoms with Crippen molar-refractivity contribution in [2.75, 3.05) is 0 Å². The van der Waals surface area contributed by atoms with Crippen LogP contribution in [-0.2, 0) is 0 Å². The molecule has 0 saturated heterocycles. The van der Waals surface area contributed by atoms with Gasteiger partial charge < -0.3 is 9.94 Å². The van der Waals surface area contributed by atoms with Crippen molar-refractivity contribution in [2.45, 2.75) is 0 Å². The lowest BCUT2D eigenvalue weighted by molar-refractivity contribution is 0.345. The maximum Gasteiger partial charge on any atom is 0.166 e. The molecule has 0 unspecified atom stereocenters. The van der Waals surface area contributed by atoms with Gasteiger partial charge >= 0.3 is 0 Å². The number of hydrogen-bond acceptors (Lipinski definition) is 3. The lowest BCUT2D eigenvalue weighted by Gasteiger charge is -2.12. The molecule has 0 fully saturated rings. The minimum Gasteiger partial charge on any atom is -0.507 e. The van der Waals surface area contributed by atoms with E-state index >= 15 is 0 Å². The highest BCUT2D eigenvalue weighted by atomic mass is 16.6. The quantitative estimate of drug-likeness (QED) is 0.684. The summed E-state index contributed by atoms with van der Waals surface area (Å²) in [6.07, 6.45) is 1.53. The van der Waals surface area contributed by atoms with Gasteiger partial charge in [-0.1, -0.05) is 23.4 Å². The van der Waals surface area contributed by atoms with Gasteiger partial charge in [0.15, 0.2) is 5.75 Å². The number of oxime groups is 1. The van der Waals surface area contributed by atoms with Crippen LogP contribution >= 0.6 is 0 Å². The molecule has 0 saturated carbocycles. The summed E-state index contributed by atoms with van der Waals surface area (Å²) < 4.78 is 0.